The van der Waals surface area contributed by atoms with Gasteiger partial charge in [-0.15, -0.1) is 0 Å². The fourth-order valence-corrected chi connectivity index (χ4v) is 2.01. The van der Waals surface area contributed by atoms with Crippen molar-refractivity contribution in [3.05, 3.63) is 39.7 Å². The van der Waals surface area contributed by atoms with Crippen LogP contribution in [0.3, 0.4) is 0 Å². The molecule has 0 spiro atoms. The van der Waals surface area contributed by atoms with Crippen molar-refractivity contribution in [3.8, 4) is 0 Å². The molecule has 1 aromatic rings. The van der Waals surface area contributed by atoms with E-state index in [1.54, 1.807) is 6.08 Å². The third-order valence-corrected chi connectivity index (χ3v) is 2.69. The molecule has 0 amide bonds. The van der Waals surface area contributed by atoms with Crippen molar-refractivity contribution in [2.24, 2.45) is 9.98 Å². The average Bonchev–Trinajstić information content (AvgIpc) is 2.82. The Morgan fingerprint density at radius 3 is 2.93 bits per heavy atom. The molecule has 0 unspecified atom stereocenters. The zero-order chi connectivity index (χ0) is 10.4. The summed E-state index contributed by atoms with van der Waals surface area (Å²) in [4.78, 5) is 19.2. The molecule has 0 atom stereocenters. The number of carboxylic acids is 1. The van der Waals surface area contributed by atoms with E-state index in [1.807, 2.05) is 12.1 Å². The molecule has 15 heavy (non-hydrogen) atoms. The van der Waals surface area contributed by atoms with Gasteiger partial charge in [0.05, 0.1) is 10.7 Å². The first-order valence-corrected chi connectivity index (χ1v) is 4.76. The van der Waals surface area contributed by atoms with Gasteiger partial charge in [0.25, 0.3) is 0 Å². The van der Waals surface area contributed by atoms with Crippen LogP contribution in [0.2, 0.25) is 0 Å². The van der Waals surface area contributed by atoms with E-state index in [4.69, 9.17) is 5.11 Å². The van der Waals surface area contributed by atoms with Crippen LogP contribution in [0, 0.1) is 0 Å². The van der Waals surface area contributed by atoms with E-state index in [-0.39, 0.29) is 5.70 Å². The Hall–Kier alpha value is -1.97. The van der Waals surface area contributed by atoms with Crippen LogP contribution >= 0.6 is 0 Å². The van der Waals surface area contributed by atoms with Crippen LogP contribution < -0.4 is 10.7 Å². The lowest BCUT2D eigenvalue weighted by Crippen LogP contribution is -2.14. The molecule has 0 aliphatic carbocycles. The molecular formula is C11H8N2O2. The van der Waals surface area contributed by atoms with Crippen molar-refractivity contribution >= 4 is 12.0 Å². The van der Waals surface area contributed by atoms with Crippen LogP contribution in [0.4, 0.5) is 0 Å². The minimum absolute atomic E-state index is 0.116. The predicted octanol–water partition coefficient (Wildman–Crippen LogP) is -0.0790. The molecule has 4 nitrogen and oxygen atoms in total. The maximum Gasteiger partial charge on any atom is 0.354 e. The van der Waals surface area contributed by atoms with E-state index in [2.05, 4.69) is 9.98 Å². The largest absolute Gasteiger partial charge is 0.477 e. The molecule has 3 rings (SSSR count). The third kappa shape index (κ3) is 1.11. The highest BCUT2D eigenvalue weighted by Gasteiger charge is 2.17. The number of fused-ring (bicyclic) bond motifs is 3. The number of hydrogen-bond donors (Lipinski definition) is 1. The Kier molecular flexibility index (Phi) is 1.54. The molecule has 2 aliphatic heterocycles. The monoisotopic (exact) mass is 200 g/mol. The second kappa shape index (κ2) is 2.76. The predicted molar refractivity (Wildman–Crippen MR) is 52.9 cm³/mol. The lowest BCUT2D eigenvalue weighted by Gasteiger charge is -1.96. The Bertz CT molecular complexity index is 614. The molecule has 0 radical (unpaired) electrons. The molecule has 0 fully saturated rings. The number of aliphatic carboxylic acids is 1. The van der Waals surface area contributed by atoms with E-state index in [1.165, 1.54) is 0 Å². The Labute approximate surface area is 85.3 Å². The van der Waals surface area contributed by atoms with Gasteiger partial charge >= 0.3 is 5.97 Å². The molecule has 4 heteroatoms. The van der Waals surface area contributed by atoms with E-state index in [9.17, 15) is 4.79 Å². The molecular weight excluding hydrogens is 192 g/mol. The Balaban J connectivity index is 2.29. The fraction of sp³-hybridized carbons (Fsp3) is 0.182. The highest BCUT2D eigenvalue weighted by molar-refractivity contribution is 5.93. The molecule has 74 valence electrons. The molecule has 1 N–H and O–H groups in total. The van der Waals surface area contributed by atoms with Gasteiger partial charge in [-0.05, 0) is 30.2 Å². The van der Waals surface area contributed by atoms with E-state index >= 15 is 0 Å². The Morgan fingerprint density at radius 1 is 1.33 bits per heavy atom. The normalized spacial score (nSPS) is 16.1. The van der Waals surface area contributed by atoms with Crippen LogP contribution in [-0.4, -0.2) is 17.6 Å². The average molecular weight is 200 g/mol. The minimum Gasteiger partial charge on any atom is -0.477 e. The number of carbonyl (C=O) groups is 1. The van der Waals surface area contributed by atoms with Crippen molar-refractivity contribution in [2.45, 2.75) is 6.42 Å². The quantitative estimate of drug-likeness (QED) is 0.689. The van der Waals surface area contributed by atoms with Gasteiger partial charge in [0.15, 0.2) is 0 Å². The Morgan fingerprint density at radius 2 is 2.13 bits per heavy atom. The van der Waals surface area contributed by atoms with Crippen LogP contribution in [0.1, 0.15) is 11.1 Å². The zero-order valence-electron chi connectivity index (χ0n) is 7.90. The summed E-state index contributed by atoms with van der Waals surface area (Å²) < 4.78 is 0. The molecule has 0 bridgehead atoms. The van der Waals surface area contributed by atoms with E-state index in [0.717, 1.165) is 34.8 Å². The number of carboxylic acid groups (broad SMARTS) is 1. The van der Waals surface area contributed by atoms with Gasteiger partial charge in [-0.2, -0.15) is 0 Å². The summed E-state index contributed by atoms with van der Waals surface area (Å²) in [6.07, 6.45) is 2.52. The lowest BCUT2D eigenvalue weighted by atomic mass is 10.1. The summed E-state index contributed by atoms with van der Waals surface area (Å²) in [7, 11) is 0. The highest BCUT2D eigenvalue weighted by Crippen LogP contribution is 2.15. The van der Waals surface area contributed by atoms with Gasteiger partial charge in [0.2, 0.25) is 0 Å². The van der Waals surface area contributed by atoms with Gasteiger partial charge in [-0.25, -0.2) is 9.79 Å². The standard InChI is InChI=1S/C11H8N2O2/c14-11(15)10-5-7-6-3-4-12-8(6)1-2-9(7)13-10/h1-2,5H,3-4H2,(H,14,15). The topological polar surface area (TPSA) is 62.0 Å². The fourth-order valence-electron chi connectivity index (χ4n) is 2.01. The summed E-state index contributed by atoms with van der Waals surface area (Å²) in [6, 6.07) is 3.73. The molecule has 1 aromatic carbocycles. The van der Waals surface area contributed by atoms with Gasteiger partial charge in [-0.3, -0.25) is 4.99 Å². The van der Waals surface area contributed by atoms with Crippen LogP contribution in [0.5, 0.6) is 0 Å². The van der Waals surface area contributed by atoms with Crippen molar-refractivity contribution in [1.29, 1.82) is 0 Å². The smallest absolute Gasteiger partial charge is 0.354 e. The zero-order valence-corrected chi connectivity index (χ0v) is 7.90. The number of benzene rings is 1. The molecule has 2 heterocycles. The van der Waals surface area contributed by atoms with Gasteiger partial charge < -0.3 is 5.11 Å². The first-order chi connectivity index (χ1) is 7.25. The van der Waals surface area contributed by atoms with Crippen LogP contribution in [0.15, 0.2) is 27.8 Å². The van der Waals surface area contributed by atoms with Gasteiger partial charge in [0, 0.05) is 12.1 Å². The number of rotatable bonds is 1. The van der Waals surface area contributed by atoms with Gasteiger partial charge in [-0.1, -0.05) is 0 Å². The summed E-state index contributed by atoms with van der Waals surface area (Å²) in [5.74, 6) is -0.977. The lowest BCUT2D eigenvalue weighted by molar-refractivity contribution is -0.132. The summed E-state index contributed by atoms with van der Waals surface area (Å²) in [5, 5.41) is 10.6. The van der Waals surface area contributed by atoms with Crippen molar-refractivity contribution < 1.29 is 9.90 Å². The third-order valence-electron chi connectivity index (χ3n) is 2.69. The van der Waals surface area contributed by atoms with E-state index < -0.39 is 5.97 Å². The van der Waals surface area contributed by atoms with Crippen LogP contribution in [0.25, 0.3) is 6.08 Å². The van der Waals surface area contributed by atoms with Crippen LogP contribution in [-0.2, 0) is 11.2 Å². The van der Waals surface area contributed by atoms with Crippen molar-refractivity contribution in [3.63, 3.8) is 0 Å². The van der Waals surface area contributed by atoms with E-state index in [0.29, 0.717) is 0 Å². The molecule has 0 aromatic heterocycles. The summed E-state index contributed by atoms with van der Waals surface area (Å²) >= 11 is 0. The van der Waals surface area contributed by atoms with Crippen molar-refractivity contribution in [2.75, 3.05) is 6.54 Å². The highest BCUT2D eigenvalue weighted by atomic mass is 16.4. The van der Waals surface area contributed by atoms with Gasteiger partial charge in [0.1, 0.15) is 5.70 Å². The second-order valence-electron chi connectivity index (χ2n) is 3.57. The minimum atomic E-state index is -0.977. The maximum atomic E-state index is 10.8. The number of hydrogen-bond acceptors (Lipinski definition) is 3. The maximum absolute atomic E-state index is 10.8. The molecule has 2 aliphatic rings. The summed E-state index contributed by atoms with van der Waals surface area (Å²) in [5.41, 5.74) is 2.18. The first-order valence-electron chi connectivity index (χ1n) is 4.76. The SMILES string of the molecule is O=C(O)C1=Cc2c3c(ccc2=N1)=NCC3. The van der Waals surface area contributed by atoms with Crippen molar-refractivity contribution in [1.82, 2.24) is 0 Å². The molecule has 0 saturated carbocycles. The summed E-state index contributed by atoms with van der Waals surface area (Å²) in [6.45, 7) is 0.794. The first kappa shape index (κ1) is 8.35. The molecule has 0 saturated heterocycles. The second-order valence-corrected chi connectivity index (χ2v) is 3.57. The number of nitrogens with zero attached hydrogens (tertiary/aromatic N) is 2.